The summed E-state index contributed by atoms with van der Waals surface area (Å²) >= 11 is 0. The third-order valence-electron chi connectivity index (χ3n) is 5.27. The normalized spacial score (nSPS) is 22.6. The van der Waals surface area contributed by atoms with E-state index in [0.717, 1.165) is 44.9 Å². The summed E-state index contributed by atoms with van der Waals surface area (Å²) in [7, 11) is 0. The molecular formula is C23H38O4. The minimum atomic E-state index is -0.779. The van der Waals surface area contributed by atoms with Crippen molar-refractivity contribution >= 4 is 11.8 Å². The van der Waals surface area contributed by atoms with Crippen LogP contribution < -0.4 is 0 Å². The number of unbranched alkanes of at least 4 members (excludes halogenated alkanes) is 2. The van der Waals surface area contributed by atoms with Crippen molar-refractivity contribution in [3.63, 3.8) is 0 Å². The zero-order valence-corrected chi connectivity index (χ0v) is 17.4. The largest absolute Gasteiger partial charge is 0.466 e. The Morgan fingerprint density at radius 1 is 1.26 bits per heavy atom. The third kappa shape index (κ3) is 9.90. The Morgan fingerprint density at radius 2 is 2.00 bits per heavy atom. The number of Topliss-reactive ketones (excluding diaryl/α,β-unsaturated/α-hetero) is 1. The Labute approximate surface area is 165 Å². The average molecular weight is 379 g/mol. The third-order valence-corrected chi connectivity index (χ3v) is 5.27. The maximum atomic E-state index is 12.2. The number of carbonyl (C=O) groups is 2. The molecule has 1 aliphatic rings. The first kappa shape index (κ1) is 23.6. The fraction of sp³-hybridized carbons (Fsp3) is 0.739. The number of hydrogen-bond donors (Lipinski definition) is 1. The molecule has 0 aliphatic heterocycles. The molecule has 0 saturated heterocycles. The van der Waals surface area contributed by atoms with Gasteiger partial charge in [0.2, 0.25) is 0 Å². The molecule has 0 bridgehead atoms. The van der Waals surface area contributed by atoms with Crippen LogP contribution in [0.15, 0.2) is 24.3 Å². The second kappa shape index (κ2) is 12.9. The molecule has 1 aliphatic carbocycles. The van der Waals surface area contributed by atoms with E-state index >= 15 is 0 Å². The summed E-state index contributed by atoms with van der Waals surface area (Å²) in [6.45, 7) is 6.25. The lowest BCUT2D eigenvalue weighted by atomic mass is 9.88. The fourth-order valence-electron chi connectivity index (χ4n) is 3.63. The second-order valence-corrected chi connectivity index (χ2v) is 7.84. The summed E-state index contributed by atoms with van der Waals surface area (Å²) in [5.74, 6) is 0.477. The molecule has 0 aromatic carbocycles. The highest BCUT2D eigenvalue weighted by Crippen LogP contribution is 2.34. The Morgan fingerprint density at radius 3 is 2.70 bits per heavy atom. The summed E-state index contributed by atoms with van der Waals surface area (Å²) in [4.78, 5) is 23.5. The summed E-state index contributed by atoms with van der Waals surface area (Å²) in [5.41, 5.74) is -0.779. The van der Waals surface area contributed by atoms with Crippen LogP contribution in [0.4, 0.5) is 0 Å². The van der Waals surface area contributed by atoms with Crippen molar-refractivity contribution in [2.45, 2.75) is 90.6 Å². The SMILES string of the molecule is CCCCCC(C)(O)C=C[C@@H]1CCC(=O)[C@H]1CC/C=C\CCC(=O)OCC. The highest BCUT2D eigenvalue weighted by molar-refractivity contribution is 5.83. The standard InChI is InChI=1S/C23H38O4/c1-4-6-11-17-23(3,26)18-16-19-14-15-21(24)20(19)12-9-7-8-10-13-22(25)27-5-2/h7-8,16,18-20,26H,4-6,9-15,17H2,1-3H3/b8-7-,18-16?/t19-,20-,23?/m0/s1. The van der Waals surface area contributed by atoms with Crippen LogP contribution in [-0.4, -0.2) is 29.1 Å². The zero-order valence-electron chi connectivity index (χ0n) is 17.4. The molecule has 1 unspecified atom stereocenters. The second-order valence-electron chi connectivity index (χ2n) is 7.84. The number of hydrogen-bond acceptors (Lipinski definition) is 4. The fourth-order valence-corrected chi connectivity index (χ4v) is 3.63. The molecular weight excluding hydrogens is 340 g/mol. The first-order valence-corrected chi connectivity index (χ1v) is 10.6. The molecule has 0 aromatic rings. The van der Waals surface area contributed by atoms with Gasteiger partial charge in [0.05, 0.1) is 12.2 Å². The van der Waals surface area contributed by atoms with Crippen LogP contribution in [0.25, 0.3) is 0 Å². The van der Waals surface area contributed by atoms with E-state index < -0.39 is 5.60 Å². The van der Waals surface area contributed by atoms with E-state index in [4.69, 9.17) is 4.74 Å². The van der Waals surface area contributed by atoms with Crippen LogP contribution >= 0.6 is 0 Å². The average Bonchev–Trinajstić information content (AvgIpc) is 2.97. The van der Waals surface area contributed by atoms with Gasteiger partial charge in [0.25, 0.3) is 0 Å². The quantitative estimate of drug-likeness (QED) is 0.273. The van der Waals surface area contributed by atoms with Crippen LogP contribution in [0.3, 0.4) is 0 Å². The zero-order chi connectivity index (χ0) is 20.1. The van der Waals surface area contributed by atoms with Crippen LogP contribution in [0.5, 0.6) is 0 Å². The number of aliphatic hydroxyl groups is 1. The molecule has 1 saturated carbocycles. The van der Waals surface area contributed by atoms with E-state index in [1.165, 1.54) is 0 Å². The van der Waals surface area contributed by atoms with Gasteiger partial charge in [0.15, 0.2) is 0 Å². The van der Waals surface area contributed by atoms with Crippen molar-refractivity contribution in [2.24, 2.45) is 11.8 Å². The van der Waals surface area contributed by atoms with Crippen LogP contribution in [0.2, 0.25) is 0 Å². The van der Waals surface area contributed by atoms with Crippen molar-refractivity contribution in [3.05, 3.63) is 24.3 Å². The van der Waals surface area contributed by atoms with Gasteiger partial charge in [-0.15, -0.1) is 0 Å². The van der Waals surface area contributed by atoms with Gasteiger partial charge < -0.3 is 9.84 Å². The first-order chi connectivity index (χ1) is 12.9. The molecule has 0 aromatic heterocycles. The summed E-state index contributed by atoms with van der Waals surface area (Å²) < 4.78 is 4.90. The first-order valence-electron chi connectivity index (χ1n) is 10.6. The minimum absolute atomic E-state index is 0.0578. The van der Waals surface area contributed by atoms with Crippen molar-refractivity contribution in [1.29, 1.82) is 0 Å². The van der Waals surface area contributed by atoms with E-state index in [1.54, 1.807) is 0 Å². The monoisotopic (exact) mass is 378 g/mol. The topological polar surface area (TPSA) is 63.6 Å². The predicted molar refractivity (Wildman–Crippen MR) is 109 cm³/mol. The Kier molecular flexibility index (Phi) is 11.3. The van der Waals surface area contributed by atoms with Gasteiger partial charge >= 0.3 is 5.97 Å². The Hall–Kier alpha value is -1.42. The van der Waals surface area contributed by atoms with Gasteiger partial charge in [-0.3, -0.25) is 9.59 Å². The molecule has 0 amide bonds. The van der Waals surface area contributed by atoms with Gasteiger partial charge in [-0.05, 0) is 51.9 Å². The maximum absolute atomic E-state index is 12.2. The highest BCUT2D eigenvalue weighted by Gasteiger charge is 2.32. The molecule has 154 valence electrons. The lowest BCUT2D eigenvalue weighted by Crippen LogP contribution is -2.21. The van der Waals surface area contributed by atoms with E-state index in [0.29, 0.717) is 31.7 Å². The minimum Gasteiger partial charge on any atom is -0.466 e. The molecule has 0 radical (unpaired) electrons. The number of rotatable bonds is 13. The Bertz CT molecular complexity index is 505. The van der Waals surface area contributed by atoms with Crippen molar-refractivity contribution in [3.8, 4) is 0 Å². The molecule has 4 heteroatoms. The lowest BCUT2D eigenvalue weighted by Gasteiger charge is -2.21. The van der Waals surface area contributed by atoms with Gasteiger partial charge in [-0.2, -0.15) is 0 Å². The summed E-state index contributed by atoms with van der Waals surface area (Å²) in [6, 6.07) is 0. The van der Waals surface area contributed by atoms with Crippen LogP contribution in [-0.2, 0) is 14.3 Å². The molecule has 0 heterocycles. The van der Waals surface area contributed by atoms with E-state index in [9.17, 15) is 14.7 Å². The van der Waals surface area contributed by atoms with Crippen molar-refractivity contribution in [2.75, 3.05) is 6.61 Å². The van der Waals surface area contributed by atoms with Gasteiger partial charge in [0, 0.05) is 18.8 Å². The maximum Gasteiger partial charge on any atom is 0.306 e. The van der Waals surface area contributed by atoms with Crippen molar-refractivity contribution in [1.82, 2.24) is 0 Å². The highest BCUT2D eigenvalue weighted by atomic mass is 16.5. The van der Waals surface area contributed by atoms with Gasteiger partial charge in [-0.1, -0.05) is 50.5 Å². The Balaban J connectivity index is 2.41. The summed E-state index contributed by atoms with van der Waals surface area (Å²) in [6.07, 6.45) is 16.4. The summed E-state index contributed by atoms with van der Waals surface area (Å²) in [5, 5.41) is 10.5. The van der Waals surface area contributed by atoms with E-state index in [2.05, 4.69) is 19.1 Å². The van der Waals surface area contributed by atoms with E-state index in [1.807, 2.05) is 26.0 Å². The molecule has 3 atom stereocenters. The molecule has 0 spiro atoms. The molecule has 1 rings (SSSR count). The number of esters is 1. The number of ether oxygens (including phenoxy) is 1. The van der Waals surface area contributed by atoms with Crippen LogP contribution in [0, 0.1) is 11.8 Å². The smallest absolute Gasteiger partial charge is 0.306 e. The van der Waals surface area contributed by atoms with Crippen LogP contribution in [0.1, 0.15) is 85.0 Å². The predicted octanol–water partition coefficient (Wildman–Crippen LogP) is 5.15. The lowest BCUT2D eigenvalue weighted by molar-refractivity contribution is -0.143. The number of allylic oxidation sites excluding steroid dienone is 3. The number of ketones is 1. The molecule has 1 N–H and O–H groups in total. The molecule has 1 fully saturated rings. The van der Waals surface area contributed by atoms with E-state index in [-0.39, 0.29) is 17.8 Å². The van der Waals surface area contributed by atoms with Gasteiger partial charge in [-0.25, -0.2) is 0 Å². The molecule has 4 nitrogen and oxygen atoms in total. The number of carbonyl (C=O) groups excluding carboxylic acids is 2. The molecule has 27 heavy (non-hydrogen) atoms. The van der Waals surface area contributed by atoms with Gasteiger partial charge in [0.1, 0.15) is 5.78 Å². The van der Waals surface area contributed by atoms with Crippen molar-refractivity contribution < 1.29 is 19.4 Å².